The van der Waals surface area contributed by atoms with Gasteiger partial charge in [-0.25, -0.2) is 0 Å². The van der Waals surface area contributed by atoms with Gasteiger partial charge in [-0.3, -0.25) is 4.79 Å². The van der Waals surface area contributed by atoms with Crippen LogP contribution in [0.5, 0.6) is 0 Å². The molecule has 0 rings (SSSR count). The van der Waals surface area contributed by atoms with Crippen LogP contribution in [-0.4, -0.2) is 23.2 Å². The minimum absolute atomic E-state index is 0.0937. The van der Waals surface area contributed by atoms with Crippen LogP contribution in [0.4, 0.5) is 0 Å². The molecule has 2 N–H and O–H groups in total. The van der Waals surface area contributed by atoms with E-state index in [9.17, 15) is 9.90 Å². The number of unbranched alkanes of at least 4 members (excludes halogenated alkanes) is 25. The number of hydrogen-bond acceptors (Lipinski definition) is 2. The van der Waals surface area contributed by atoms with Gasteiger partial charge < -0.3 is 10.4 Å². The molecule has 3 heteroatoms. The van der Waals surface area contributed by atoms with E-state index >= 15 is 0 Å². The Bertz CT molecular complexity index is 558. The van der Waals surface area contributed by atoms with Crippen LogP contribution in [-0.2, 0) is 4.79 Å². The first-order valence-electron chi connectivity index (χ1n) is 18.7. The molecular formula is C38H75NO2. The molecular weight excluding hydrogens is 502 g/mol. The molecule has 0 saturated heterocycles. The molecule has 41 heavy (non-hydrogen) atoms. The monoisotopic (exact) mass is 578 g/mol. The maximum Gasteiger partial charge on any atom is 0.220 e. The van der Waals surface area contributed by atoms with Crippen molar-refractivity contribution in [1.82, 2.24) is 5.32 Å². The van der Waals surface area contributed by atoms with E-state index in [0.29, 0.717) is 6.42 Å². The highest BCUT2D eigenvalue weighted by Gasteiger charge is 2.22. The normalized spacial score (nSPS) is 13.3. The third-order valence-electron chi connectivity index (χ3n) is 8.73. The van der Waals surface area contributed by atoms with Gasteiger partial charge in [-0.15, -0.1) is 0 Å². The maximum atomic E-state index is 12.5. The molecule has 0 aliphatic heterocycles. The van der Waals surface area contributed by atoms with Crippen molar-refractivity contribution in [2.24, 2.45) is 5.92 Å². The number of aliphatic hydroxyl groups is 1. The third kappa shape index (κ3) is 29.0. The van der Waals surface area contributed by atoms with Crippen LogP contribution in [0.3, 0.4) is 0 Å². The molecule has 0 aromatic heterocycles. The summed E-state index contributed by atoms with van der Waals surface area (Å²) < 4.78 is 0. The van der Waals surface area contributed by atoms with Gasteiger partial charge in [0.2, 0.25) is 5.91 Å². The van der Waals surface area contributed by atoms with Crippen LogP contribution in [0.25, 0.3) is 0 Å². The Morgan fingerprint density at radius 3 is 1.27 bits per heavy atom. The van der Waals surface area contributed by atoms with Crippen molar-refractivity contribution < 1.29 is 9.90 Å². The van der Waals surface area contributed by atoms with E-state index in [2.05, 4.69) is 39.1 Å². The standard InChI is InChI=1S/C38H75NO2/c1-5-7-9-11-13-15-17-19-20-22-24-26-28-30-32-34-37(41)39-38(35(3)4)36(40)33-31-29-27-25-23-21-18-16-14-12-10-8-6-2/h31,33,35-36,38,40H,5-30,32,34H2,1-4H3,(H,39,41)/b33-31+/t36-,38+/m0/s1. The van der Waals surface area contributed by atoms with E-state index in [0.717, 1.165) is 19.3 Å². The molecule has 0 fully saturated rings. The maximum absolute atomic E-state index is 12.5. The van der Waals surface area contributed by atoms with Crippen LogP contribution in [0.2, 0.25) is 0 Å². The first kappa shape index (κ1) is 40.2. The smallest absolute Gasteiger partial charge is 0.220 e. The SMILES string of the molecule is CCCCCCCCCCCCC/C=C/[C@H](O)[C@H](NC(=O)CCCCCCCCCCCCCCCCC)C(C)C. The summed E-state index contributed by atoms with van der Waals surface area (Å²) in [5.41, 5.74) is 0. The number of amides is 1. The van der Waals surface area contributed by atoms with E-state index in [4.69, 9.17) is 0 Å². The second-order valence-electron chi connectivity index (χ2n) is 13.3. The van der Waals surface area contributed by atoms with Crippen LogP contribution in [0.1, 0.15) is 207 Å². The van der Waals surface area contributed by atoms with E-state index in [1.165, 1.54) is 154 Å². The number of allylic oxidation sites excluding steroid dienone is 1. The predicted octanol–water partition coefficient (Wildman–Crippen LogP) is 12.0. The van der Waals surface area contributed by atoms with Crippen molar-refractivity contribution in [1.29, 1.82) is 0 Å². The van der Waals surface area contributed by atoms with Gasteiger partial charge >= 0.3 is 0 Å². The lowest BCUT2D eigenvalue weighted by Crippen LogP contribution is -2.46. The second-order valence-corrected chi connectivity index (χ2v) is 13.3. The Hall–Kier alpha value is -0.830. The highest BCUT2D eigenvalue weighted by Crippen LogP contribution is 2.15. The number of hydrogen-bond donors (Lipinski definition) is 2. The average Bonchev–Trinajstić information content (AvgIpc) is 2.96. The molecule has 0 spiro atoms. The van der Waals surface area contributed by atoms with E-state index in [1.807, 2.05) is 6.08 Å². The van der Waals surface area contributed by atoms with Crippen LogP contribution < -0.4 is 5.32 Å². The molecule has 3 nitrogen and oxygen atoms in total. The zero-order valence-electron chi connectivity index (χ0n) is 28.5. The summed E-state index contributed by atoms with van der Waals surface area (Å²) in [6, 6.07) is -0.201. The minimum Gasteiger partial charge on any atom is -0.387 e. The largest absolute Gasteiger partial charge is 0.387 e. The molecule has 0 aromatic carbocycles. The van der Waals surface area contributed by atoms with Gasteiger partial charge in [0.15, 0.2) is 0 Å². The zero-order chi connectivity index (χ0) is 30.2. The molecule has 0 heterocycles. The summed E-state index contributed by atoms with van der Waals surface area (Å²) in [6.45, 7) is 8.73. The fraction of sp³-hybridized carbons (Fsp3) is 0.921. The Morgan fingerprint density at radius 2 is 0.902 bits per heavy atom. The Labute approximate surface area is 258 Å². The molecule has 0 aromatic rings. The van der Waals surface area contributed by atoms with Gasteiger partial charge in [-0.2, -0.15) is 0 Å². The first-order chi connectivity index (χ1) is 20.0. The number of carbonyl (C=O) groups is 1. The van der Waals surface area contributed by atoms with Gasteiger partial charge in [0.25, 0.3) is 0 Å². The second kappa shape index (κ2) is 32.1. The average molecular weight is 578 g/mol. The summed E-state index contributed by atoms with van der Waals surface area (Å²) in [6.07, 6.45) is 40.0. The zero-order valence-corrected chi connectivity index (χ0v) is 28.5. The first-order valence-corrected chi connectivity index (χ1v) is 18.7. The number of nitrogens with one attached hydrogen (secondary N) is 1. The molecule has 0 bridgehead atoms. The summed E-state index contributed by atoms with van der Waals surface area (Å²) in [4.78, 5) is 12.5. The van der Waals surface area contributed by atoms with Crippen molar-refractivity contribution in [3.8, 4) is 0 Å². The fourth-order valence-electron chi connectivity index (χ4n) is 5.84. The lowest BCUT2D eigenvalue weighted by molar-refractivity contribution is -0.123. The molecule has 0 aliphatic rings. The summed E-state index contributed by atoms with van der Waals surface area (Å²) in [5, 5.41) is 13.8. The van der Waals surface area contributed by atoms with Crippen molar-refractivity contribution in [3.63, 3.8) is 0 Å². The van der Waals surface area contributed by atoms with Crippen molar-refractivity contribution in [2.45, 2.75) is 220 Å². The highest BCUT2D eigenvalue weighted by molar-refractivity contribution is 5.76. The summed E-state index contributed by atoms with van der Waals surface area (Å²) in [7, 11) is 0. The summed E-state index contributed by atoms with van der Waals surface area (Å²) in [5.74, 6) is 0.304. The van der Waals surface area contributed by atoms with Gasteiger partial charge in [0, 0.05) is 6.42 Å². The van der Waals surface area contributed by atoms with Gasteiger partial charge in [0.1, 0.15) is 0 Å². The molecule has 1 amide bonds. The van der Waals surface area contributed by atoms with Crippen molar-refractivity contribution in [3.05, 3.63) is 12.2 Å². The molecule has 0 radical (unpaired) electrons. The number of aliphatic hydroxyl groups excluding tert-OH is 1. The Morgan fingerprint density at radius 1 is 0.561 bits per heavy atom. The van der Waals surface area contributed by atoms with E-state index < -0.39 is 6.10 Å². The summed E-state index contributed by atoms with van der Waals surface area (Å²) >= 11 is 0. The molecule has 0 aliphatic carbocycles. The Kier molecular flexibility index (Phi) is 31.4. The van der Waals surface area contributed by atoms with E-state index in [-0.39, 0.29) is 17.9 Å². The van der Waals surface area contributed by atoms with Crippen LogP contribution in [0, 0.1) is 5.92 Å². The molecule has 0 saturated carbocycles. The molecule has 2 atom stereocenters. The Balaban J connectivity index is 3.73. The van der Waals surface area contributed by atoms with Crippen LogP contribution in [0.15, 0.2) is 12.2 Å². The minimum atomic E-state index is -0.604. The molecule has 244 valence electrons. The third-order valence-corrected chi connectivity index (χ3v) is 8.73. The number of carbonyl (C=O) groups excluding carboxylic acids is 1. The fourth-order valence-corrected chi connectivity index (χ4v) is 5.84. The van der Waals surface area contributed by atoms with Crippen LogP contribution >= 0.6 is 0 Å². The quantitative estimate of drug-likeness (QED) is 0.0617. The lowest BCUT2D eigenvalue weighted by atomic mass is 9.97. The van der Waals surface area contributed by atoms with Gasteiger partial charge in [-0.05, 0) is 25.2 Å². The lowest BCUT2D eigenvalue weighted by Gasteiger charge is -2.25. The molecule has 0 unspecified atom stereocenters. The topological polar surface area (TPSA) is 49.3 Å². The number of rotatable bonds is 32. The van der Waals surface area contributed by atoms with E-state index in [1.54, 1.807) is 0 Å². The van der Waals surface area contributed by atoms with Crippen molar-refractivity contribution in [2.75, 3.05) is 0 Å². The predicted molar refractivity (Wildman–Crippen MR) is 183 cm³/mol. The van der Waals surface area contributed by atoms with Gasteiger partial charge in [0.05, 0.1) is 12.1 Å². The highest BCUT2D eigenvalue weighted by atomic mass is 16.3. The van der Waals surface area contributed by atoms with Crippen molar-refractivity contribution >= 4 is 5.91 Å². The van der Waals surface area contributed by atoms with Gasteiger partial charge in [-0.1, -0.05) is 194 Å².